The van der Waals surface area contributed by atoms with Gasteiger partial charge in [-0.15, -0.1) is 0 Å². The van der Waals surface area contributed by atoms with E-state index in [1.54, 1.807) is 0 Å². The molecule has 0 radical (unpaired) electrons. The third-order valence-electron chi connectivity index (χ3n) is 3.83. The van der Waals surface area contributed by atoms with Crippen molar-refractivity contribution in [3.8, 4) is 0 Å². The summed E-state index contributed by atoms with van der Waals surface area (Å²) in [6.45, 7) is 0. The molecular formula is C15H21N3. The van der Waals surface area contributed by atoms with E-state index in [0.717, 1.165) is 12.4 Å². The lowest BCUT2D eigenvalue weighted by atomic mass is 9.88. The maximum Gasteiger partial charge on any atom is 0.191 e. The van der Waals surface area contributed by atoms with E-state index in [0.29, 0.717) is 12.1 Å². The van der Waals surface area contributed by atoms with Crippen LogP contribution in [0.5, 0.6) is 0 Å². The van der Waals surface area contributed by atoms with E-state index in [1.165, 1.54) is 36.8 Å². The Kier molecular flexibility index (Phi) is 3.22. The highest BCUT2D eigenvalue weighted by Crippen LogP contribution is 2.21. The number of benzene rings is 1. The summed E-state index contributed by atoms with van der Waals surface area (Å²) in [5.74, 6) is 0.974. The van der Waals surface area contributed by atoms with Crippen molar-refractivity contribution in [1.29, 1.82) is 0 Å². The summed E-state index contributed by atoms with van der Waals surface area (Å²) < 4.78 is 0. The molecule has 0 amide bonds. The van der Waals surface area contributed by atoms with Gasteiger partial charge in [0.05, 0.1) is 0 Å². The largest absolute Gasteiger partial charge is 0.354 e. The second-order valence-corrected chi connectivity index (χ2v) is 5.34. The molecule has 18 heavy (non-hydrogen) atoms. The molecule has 0 heterocycles. The fraction of sp³-hybridized carbons (Fsp3) is 0.533. The van der Waals surface area contributed by atoms with Crippen molar-refractivity contribution < 1.29 is 0 Å². The van der Waals surface area contributed by atoms with Crippen LogP contribution in [0.2, 0.25) is 0 Å². The van der Waals surface area contributed by atoms with E-state index >= 15 is 0 Å². The van der Waals surface area contributed by atoms with Gasteiger partial charge in [0.15, 0.2) is 5.96 Å². The molecular weight excluding hydrogens is 222 g/mol. The van der Waals surface area contributed by atoms with Crippen LogP contribution in [0, 0.1) is 0 Å². The minimum Gasteiger partial charge on any atom is -0.354 e. The second-order valence-electron chi connectivity index (χ2n) is 5.34. The van der Waals surface area contributed by atoms with Gasteiger partial charge < -0.3 is 10.6 Å². The van der Waals surface area contributed by atoms with Crippen molar-refractivity contribution in [3.05, 3.63) is 35.4 Å². The number of guanidine groups is 1. The van der Waals surface area contributed by atoms with Gasteiger partial charge in [-0.25, -0.2) is 0 Å². The summed E-state index contributed by atoms with van der Waals surface area (Å²) >= 11 is 0. The zero-order valence-electron chi connectivity index (χ0n) is 10.9. The van der Waals surface area contributed by atoms with Crippen LogP contribution in [0.25, 0.3) is 0 Å². The molecule has 1 aromatic rings. The van der Waals surface area contributed by atoms with Crippen LogP contribution in [-0.2, 0) is 12.8 Å². The highest BCUT2D eigenvalue weighted by molar-refractivity contribution is 5.80. The average molecular weight is 243 g/mol. The first-order chi connectivity index (χ1) is 8.85. The van der Waals surface area contributed by atoms with E-state index < -0.39 is 0 Å². The molecule has 0 aromatic heterocycles. The Labute approximate surface area is 109 Å². The van der Waals surface area contributed by atoms with Gasteiger partial charge in [-0.1, -0.05) is 24.3 Å². The Morgan fingerprint density at radius 2 is 1.78 bits per heavy atom. The second kappa shape index (κ2) is 5.01. The third kappa shape index (κ3) is 2.66. The van der Waals surface area contributed by atoms with Crippen molar-refractivity contribution in [2.45, 2.75) is 44.2 Å². The zero-order valence-corrected chi connectivity index (χ0v) is 10.9. The summed E-state index contributed by atoms with van der Waals surface area (Å²) in [7, 11) is 1.86. The zero-order chi connectivity index (χ0) is 12.4. The first kappa shape index (κ1) is 11.6. The molecule has 3 nitrogen and oxygen atoms in total. The van der Waals surface area contributed by atoms with Crippen LogP contribution >= 0.6 is 0 Å². The van der Waals surface area contributed by atoms with Crippen LogP contribution < -0.4 is 10.6 Å². The predicted octanol–water partition coefficient (Wildman–Crippen LogP) is 1.87. The Morgan fingerprint density at radius 3 is 2.50 bits per heavy atom. The molecule has 2 N–H and O–H groups in total. The van der Waals surface area contributed by atoms with E-state index in [4.69, 9.17) is 0 Å². The molecule has 2 aliphatic rings. The summed E-state index contributed by atoms with van der Waals surface area (Å²) in [6.07, 6.45) is 6.06. The van der Waals surface area contributed by atoms with Gasteiger partial charge >= 0.3 is 0 Å². The maximum atomic E-state index is 4.31. The standard InChI is InChI=1S/C15H21N3/c1-16-15(17-13-8-9-13)18-14-7-6-11-4-2-3-5-12(11)10-14/h2-5,13-14H,6-10H2,1H3,(H2,16,17,18). The number of hydrogen-bond acceptors (Lipinski definition) is 1. The van der Waals surface area contributed by atoms with E-state index in [-0.39, 0.29) is 0 Å². The minimum atomic E-state index is 0.518. The molecule has 1 atom stereocenters. The van der Waals surface area contributed by atoms with Gasteiger partial charge in [0.2, 0.25) is 0 Å². The van der Waals surface area contributed by atoms with Crippen molar-refractivity contribution >= 4 is 5.96 Å². The van der Waals surface area contributed by atoms with Crippen molar-refractivity contribution in [3.63, 3.8) is 0 Å². The summed E-state index contributed by atoms with van der Waals surface area (Å²) in [4.78, 5) is 4.31. The summed E-state index contributed by atoms with van der Waals surface area (Å²) in [5, 5.41) is 7.01. The summed E-state index contributed by atoms with van der Waals surface area (Å²) in [5.41, 5.74) is 3.00. The molecule has 1 fully saturated rings. The molecule has 1 unspecified atom stereocenters. The fourth-order valence-corrected chi connectivity index (χ4v) is 2.61. The molecule has 0 bridgehead atoms. The molecule has 0 aliphatic heterocycles. The molecule has 2 aliphatic carbocycles. The number of nitrogens with zero attached hydrogens (tertiary/aromatic N) is 1. The maximum absolute atomic E-state index is 4.31. The fourth-order valence-electron chi connectivity index (χ4n) is 2.61. The molecule has 3 heteroatoms. The molecule has 96 valence electrons. The van der Waals surface area contributed by atoms with Gasteiger partial charge in [0, 0.05) is 19.1 Å². The number of rotatable bonds is 2. The third-order valence-corrected chi connectivity index (χ3v) is 3.83. The van der Waals surface area contributed by atoms with Crippen LogP contribution in [0.3, 0.4) is 0 Å². The average Bonchev–Trinajstić information content (AvgIpc) is 3.22. The van der Waals surface area contributed by atoms with E-state index in [1.807, 2.05) is 7.05 Å². The number of nitrogens with one attached hydrogen (secondary N) is 2. The van der Waals surface area contributed by atoms with Crippen molar-refractivity contribution in [2.24, 2.45) is 4.99 Å². The van der Waals surface area contributed by atoms with Crippen LogP contribution in [0.4, 0.5) is 0 Å². The monoisotopic (exact) mass is 243 g/mol. The molecule has 1 saturated carbocycles. The Bertz CT molecular complexity index is 449. The predicted molar refractivity (Wildman–Crippen MR) is 74.9 cm³/mol. The lowest BCUT2D eigenvalue weighted by molar-refractivity contribution is 0.520. The number of fused-ring (bicyclic) bond motifs is 1. The SMILES string of the molecule is CN=C(NC1CC1)NC1CCc2ccccc2C1. The van der Waals surface area contributed by atoms with Gasteiger partial charge in [0.25, 0.3) is 0 Å². The van der Waals surface area contributed by atoms with Crippen molar-refractivity contribution in [1.82, 2.24) is 10.6 Å². The quantitative estimate of drug-likeness (QED) is 0.614. The molecule has 0 spiro atoms. The van der Waals surface area contributed by atoms with Gasteiger partial charge in [-0.3, -0.25) is 4.99 Å². The van der Waals surface area contributed by atoms with Crippen LogP contribution in [0.1, 0.15) is 30.4 Å². The number of aryl methyl sites for hydroxylation is 1. The topological polar surface area (TPSA) is 36.4 Å². The van der Waals surface area contributed by atoms with Gasteiger partial charge in [0.1, 0.15) is 0 Å². The van der Waals surface area contributed by atoms with E-state index in [9.17, 15) is 0 Å². The number of hydrogen-bond donors (Lipinski definition) is 2. The highest BCUT2D eigenvalue weighted by atomic mass is 15.2. The Balaban J connectivity index is 1.61. The Morgan fingerprint density at radius 1 is 1.06 bits per heavy atom. The molecule has 3 rings (SSSR count). The first-order valence-corrected chi connectivity index (χ1v) is 6.92. The minimum absolute atomic E-state index is 0.518. The summed E-state index contributed by atoms with van der Waals surface area (Å²) in [6, 6.07) is 9.96. The van der Waals surface area contributed by atoms with Crippen molar-refractivity contribution in [2.75, 3.05) is 7.05 Å². The Hall–Kier alpha value is -1.51. The van der Waals surface area contributed by atoms with E-state index in [2.05, 4.69) is 39.9 Å². The van der Waals surface area contributed by atoms with Gasteiger partial charge in [-0.2, -0.15) is 0 Å². The van der Waals surface area contributed by atoms with Crippen LogP contribution in [-0.4, -0.2) is 25.1 Å². The first-order valence-electron chi connectivity index (χ1n) is 6.92. The molecule has 0 saturated heterocycles. The number of aliphatic imine (C=N–C) groups is 1. The van der Waals surface area contributed by atoms with Crippen LogP contribution in [0.15, 0.2) is 29.3 Å². The molecule has 1 aromatic carbocycles. The smallest absolute Gasteiger partial charge is 0.191 e. The lowest BCUT2D eigenvalue weighted by Gasteiger charge is -2.27. The highest BCUT2D eigenvalue weighted by Gasteiger charge is 2.24. The normalized spacial score (nSPS) is 23.4. The van der Waals surface area contributed by atoms with Gasteiger partial charge in [-0.05, 0) is 43.2 Å². The lowest BCUT2D eigenvalue weighted by Crippen LogP contribution is -2.46.